The number of carboxylic acids is 1. The number of aliphatic carboxylic acids is 1. The minimum atomic E-state index is -1.18. The van der Waals surface area contributed by atoms with E-state index in [0.29, 0.717) is 24.3 Å². The van der Waals surface area contributed by atoms with Crippen LogP contribution >= 0.6 is 0 Å². The number of ether oxygens (including phenoxy) is 1. The minimum absolute atomic E-state index is 0.309. The third kappa shape index (κ3) is 3.17. The number of hydrogen-bond acceptors (Lipinski definition) is 4. The molecule has 0 fully saturated rings. The summed E-state index contributed by atoms with van der Waals surface area (Å²) >= 11 is 0. The zero-order chi connectivity index (χ0) is 14.5. The summed E-state index contributed by atoms with van der Waals surface area (Å²) in [5, 5.41) is 13.8. The van der Waals surface area contributed by atoms with E-state index in [-0.39, 0.29) is 5.91 Å². The quantitative estimate of drug-likeness (QED) is 0.830. The van der Waals surface area contributed by atoms with Crippen LogP contribution < -0.4 is 15.2 Å². The monoisotopic (exact) mass is 274 g/mol. The van der Waals surface area contributed by atoms with Crippen molar-refractivity contribution in [1.29, 1.82) is 0 Å². The van der Waals surface area contributed by atoms with Crippen molar-refractivity contribution in [3.8, 4) is 5.75 Å². The van der Waals surface area contributed by atoms with E-state index in [4.69, 9.17) is 4.74 Å². The van der Waals surface area contributed by atoms with Crippen molar-refractivity contribution in [1.82, 2.24) is 0 Å². The van der Waals surface area contributed by atoms with Crippen LogP contribution in [0.5, 0.6) is 5.75 Å². The third-order valence-corrected chi connectivity index (χ3v) is 3.41. The average molecular weight is 274 g/mol. The first-order valence-electron chi connectivity index (χ1n) is 6.42. The fourth-order valence-corrected chi connectivity index (χ4v) is 2.30. The van der Waals surface area contributed by atoms with E-state index in [0.717, 1.165) is 0 Å². The second-order valence-corrected chi connectivity index (χ2v) is 4.70. The molecular weight excluding hydrogens is 258 g/mol. The number of allylic oxidation sites excluding steroid dienone is 2. The Morgan fingerprint density at radius 3 is 2.60 bits per heavy atom. The van der Waals surface area contributed by atoms with Gasteiger partial charge >= 0.3 is 0 Å². The molecule has 106 valence electrons. The van der Waals surface area contributed by atoms with E-state index in [1.807, 2.05) is 6.08 Å². The van der Waals surface area contributed by atoms with Crippen LogP contribution in [0.25, 0.3) is 0 Å². The summed E-state index contributed by atoms with van der Waals surface area (Å²) in [6.45, 7) is 0. The van der Waals surface area contributed by atoms with E-state index in [9.17, 15) is 14.7 Å². The summed E-state index contributed by atoms with van der Waals surface area (Å²) in [5.41, 5.74) is 0.584. The number of benzene rings is 1. The molecule has 0 aliphatic heterocycles. The van der Waals surface area contributed by atoms with Crippen LogP contribution in [0.4, 0.5) is 5.69 Å². The van der Waals surface area contributed by atoms with Gasteiger partial charge in [-0.3, -0.25) is 4.79 Å². The predicted molar refractivity (Wildman–Crippen MR) is 72.0 cm³/mol. The molecule has 0 saturated heterocycles. The third-order valence-electron chi connectivity index (χ3n) is 3.41. The largest absolute Gasteiger partial charge is 0.550 e. The van der Waals surface area contributed by atoms with Crippen molar-refractivity contribution >= 4 is 17.6 Å². The van der Waals surface area contributed by atoms with Crippen LogP contribution in [0, 0.1) is 11.8 Å². The lowest BCUT2D eigenvalue weighted by Crippen LogP contribution is -2.41. The van der Waals surface area contributed by atoms with Crippen molar-refractivity contribution in [3.63, 3.8) is 0 Å². The number of rotatable bonds is 4. The number of carbonyl (C=O) groups is 2. The van der Waals surface area contributed by atoms with Crippen molar-refractivity contribution in [3.05, 3.63) is 36.4 Å². The maximum absolute atomic E-state index is 12.2. The first-order valence-corrected chi connectivity index (χ1v) is 6.42. The van der Waals surface area contributed by atoms with Gasteiger partial charge in [0.1, 0.15) is 5.75 Å². The summed E-state index contributed by atoms with van der Waals surface area (Å²) in [4.78, 5) is 23.3. The molecule has 0 saturated carbocycles. The molecule has 0 spiro atoms. The number of methoxy groups -OCH3 is 1. The molecule has 0 radical (unpaired) electrons. The molecule has 0 aromatic heterocycles. The van der Waals surface area contributed by atoms with Gasteiger partial charge in [0.15, 0.2) is 0 Å². The maximum Gasteiger partial charge on any atom is 0.228 e. The summed E-state index contributed by atoms with van der Waals surface area (Å²) in [6, 6.07) is 6.94. The van der Waals surface area contributed by atoms with Gasteiger partial charge in [0.25, 0.3) is 0 Å². The molecule has 20 heavy (non-hydrogen) atoms. The van der Waals surface area contributed by atoms with Crippen molar-refractivity contribution < 1.29 is 19.4 Å². The first-order chi connectivity index (χ1) is 9.61. The van der Waals surface area contributed by atoms with E-state index in [1.54, 1.807) is 37.5 Å². The number of hydrogen-bond donors (Lipinski definition) is 1. The molecule has 1 aromatic rings. The molecule has 0 unspecified atom stereocenters. The van der Waals surface area contributed by atoms with E-state index >= 15 is 0 Å². The highest BCUT2D eigenvalue weighted by Gasteiger charge is 2.29. The number of amides is 1. The smallest absolute Gasteiger partial charge is 0.228 e. The molecule has 0 heterocycles. The van der Waals surface area contributed by atoms with Crippen LogP contribution in [0.3, 0.4) is 0 Å². The highest BCUT2D eigenvalue weighted by atomic mass is 16.5. The van der Waals surface area contributed by atoms with Gasteiger partial charge in [-0.25, -0.2) is 0 Å². The Hall–Kier alpha value is -2.30. The van der Waals surface area contributed by atoms with Crippen LogP contribution in [0.1, 0.15) is 12.8 Å². The van der Waals surface area contributed by atoms with E-state index in [2.05, 4.69) is 5.32 Å². The van der Waals surface area contributed by atoms with Gasteiger partial charge < -0.3 is 20.0 Å². The summed E-state index contributed by atoms with van der Waals surface area (Å²) < 4.78 is 5.07. The Morgan fingerprint density at radius 2 is 1.95 bits per heavy atom. The molecule has 1 amide bonds. The zero-order valence-corrected chi connectivity index (χ0v) is 11.2. The molecule has 1 N–H and O–H groups in total. The molecule has 5 heteroatoms. The lowest BCUT2D eigenvalue weighted by Gasteiger charge is -2.28. The van der Waals surface area contributed by atoms with Gasteiger partial charge in [-0.15, -0.1) is 0 Å². The van der Waals surface area contributed by atoms with Gasteiger partial charge in [-0.05, 0) is 25.0 Å². The summed E-state index contributed by atoms with van der Waals surface area (Å²) in [7, 11) is 1.54. The first kappa shape index (κ1) is 14.1. The number of carbonyl (C=O) groups excluding carboxylic acids is 2. The molecule has 5 nitrogen and oxygen atoms in total. The Morgan fingerprint density at radius 1 is 1.25 bits per heavy atom. The molecule has 1 aliphatic rings. The second-order valence-electron chi connectivity index (χ2n) is 4.70. The van der Waals surface area contributed by atoms with Crippen LogP contribution in [0.15, 0.2) is 36.4 Å². The predicted octanol–water partition coefficient (Wildman–Crippen LogP) is 0.966. The summed E-state index contributed by atoms with van der Waals surface area (Å²) in [6.07, 6.45) is 4.35. The number of anilines is 1. The highest BCUT2D eigenvalue weighted by Crippen LogP contribution is 2.27. The van der Waals surface area contributed by atoms with E-state index < -0.39 is 17.8 Å². The van der Waals surface area contributed by atoms with Crippen molar-refractivity contribution in [2.45, 2.75) is 12.8 Å². The minimum Gasteiger partial charge on any atom is -0.550 e. The van der Waals surface area contributed by atoms with Gasteiger partial charge in [0.2, 0.25) is 5.91 Å². The Kier molecular flexibility index (Phi) is 4.40. The fraction of sp³-hybridized carbons (Fsp3) is 0.333. The van der Waals surface area contributed by atoms with Crippen LogP contribution in [-0.2, 0) is 9.59 Å². The molecule has 2 atom stereocenters. The van der Waals surface area contributed by atoms with Gasteiger partial charge in [-0.2, -0.15) is 0 Å². The molecule has 1 aromatic carbocycles. The molecule has 2 rings (SSSR count). The van der Waals surface area contributed by atoms with Crippen molar-refractivity contribution in [2.75, 3.05) is 12.4 Å². The molecular formula is C15H16NO4-. The Bertz CT molecular complexity index is 538. The maximum atomic E-state index is 12.2. The standard InChI is InChI=1S/C15H17NO4/c1-20-11-6-4-5-10(9-11)16-14(17)12-7-2-3-8-13(12)15(18)19/h2-6,9,12-13H,7-8H2,1H3,(H,16,17)(H,18,19)/p-1/t12-,13+/m0/s1. The number of nitrogens with one attached hydrogen (secondary N) is 1. The van der Waals surface area contributed by atoms with Gasteiger partial charge in [0.05, 0.1) is 13.0 Å². The zero-order valence-electron chi connectivity index (χ0n) is 11.2. The average Bonchev–Trinajstić information content (AvgIpc) is 2.47. The van der Waals surface area contributed by atoms with Crippen molar-refractivity contribution in [2.24, 2.45) is 11.8 Å². The normalized spacial score (nSPS) is 21.2. The molecule has 1 aliphatic carbocycles. The SMILES string of the molecule is COc1cccc(NC(=O)[C@H]2CC=CC[C@H]2C(=O)[O-])c1. The lowest BCUT2D eigenvalue weighted by molar-refractivity contribution is -0.313. The number of carboxylic acid groups (broad SMARTS) is 1. The molecule has 0 bridgehead atoms. The van der Waals surface area contributed by atoms with E-state index in [1.165, 1.54) is 0 Å². The Balaban J connectivity index is 2.10. The second kappa shape index (κ2) is 6.23. The van der Waals surface area contributed by atoms with Gasteiger partial charge in [-0.1, -0.05) is 18.2 Å². The fourth-order valence-electron chi connectivity index (χ4n) is 2.30. The van der Waals surface area contributed by atoms with Crippen LogP contribution in [-0.4, -0.2) is 19.0 Å². The summed E-state index contributed by atoms with van der Waals surface area (Å²) in [5.74, 6) is -2.23. The van der Waals surface area contributed by atoms with Gasteiger partial charge in [0, 0.05) is 23.6 Å². The topological polar surface area (TPSA) is 78.5 Å². The van der Waals surface area contributed by atoms with Crippen LogP contribution in [0.2, 0.25) is 0 Å². The lowest BCUT2D eigenvalue weighted by atomic mass is 9.82. The Labute approximate surface area is 117 Å². The highest BCUT2D eigenvalue weighted by molar-refractivity contribution is 5.95.